The lowest BCUT2D eigenvalue weighted by Crippen LogP contribution is -2.39. The summed E-state index contributed by atoms with van der Waals surface area (Å²) >= 11 is 0. The summed E-state index contributed by atoms with van der Waals surface area (Å²) in [5.74, 6) is 0.202. The second kappa shape index (κ2) is 7.00. The number of halogens is 3. The van der Waals surface area contributed by atoms with E-state index in [1.165, 1.54) is 12.1 Å². The van der Waals surface area contributed by atoms with E-state index in [-0.39, 0.29) is 11.5 Å². The Morgan fingerprint density at radius 3 is 2.20 bits per heavy atom. The van der Waals surface area contributed by atoms with Crippen molar-refractivity contribution in [2.24, 2.45) is 0 Å². The van der Waals surface area contributed by atoms with Crippen LogP contribution in [-0.4, -0.2) is 17.6 Å². The van der Waals surface area contributed by atoms with Gasteiger partial charge in [-0.05, 0) is 47.6 Å². The zero-order chi connectivity index (χ0) is 18.8. The minimum Gasteiger partial charge on any atom is -0.376 e. The van der Waals surface area contributed by atoms with Crippen LogP contribution in [-0.2, 0) is 5.60 Å². The van der Waals surface area contributed by atoms with Gasteiger partial charge in [-0.2, -0.15) is 13.2 Å². The largest absolute Gasteiger partial charge is 0.421 e. The average Bonchev–Trinajstić information content (AvgIpc) is 2.59. The van der Waals surface area contributed by atoms with Gasteiger partial charge >= 0.3 is 6.18 Å². The molecule has 2 aromatic carbocycles. The Morgan fingerprint density at radius 1 is 1.12 bits per heavy atom. The topological polar surface area (TPSA) is 37.3 Å². The van der Waals surface area contributed by atoms with Gasteiger partial charge in [-0.3, -0.25) is 4.79 Å². The number of carbonyl (C=O) groups excluding carboxylic acids is 1. The monoisotopic (exact) mass is 350 g/mol. The van der Waals surface area contributed by atoms with Gasteiger partial charge in [0.2, 0.25) is 0 Å². The summed E-state index contributed by atoms with van der Waals surface area (Å²) in [6, 6.07) is 11.0. The summed E-state index contributed by atoms with van der Waals surface area (Å²) in [6.45, 7) is 4.81. The minimum atomic E-state index is -4.75. The third kappa shape index (κ3) is 3.76. The molecule has 25 heavy (non-hydrogen) atoms. The molecule has 2 unspecified atom stereocenters. The van der Waals surface area contributed by atoms with Gasteiger partial charge in [0.05, 0.1) is 0 Å². The van der Waals surface area contributed by atoms with Crippen LogP contribution in [0.4, 0.5) is 13.2 Å². The van der Waals surface area contributed by atoms with Crippen molar-refractivity contribution in [1.82, 2.24) is 0 Å². The SMILES string of the molecule is CCC(C)c1cc(C=O)ccc1-c1ccc(C(C)(O)C(F)(F)F)cc1. The molecule has 0 saturated heterocycles. The molecule has 0 bridgehead atoms. The van der Waals surface area contributed by atoms with E-state index in [4.69, 9.17) is 0 Å². The van der Waals surface area contributed by atoms with E-state index in [0.29, 0.717) is 5.56 Å². The molecule has 0 aromatic heterocycles. The lowest BCUT2D eigenvalue weighted by Gasteiger charge is -2.27. The molecule has 0 aliphatic rings. The number of carbonyl (C=O) groups is 1. The highest BCUT2D eigenvalue weighted by atomic mass is 19.4. The van der Waals surface area contributed by atoms with E-state index in [1.54, 1.807) is 18.2 Å². The van der Waals surface area contributed by atoms with Crippen molar-refractivity contribution < 1.29 is 23.1 Å². The molecule has 134 valence electrons. The van der Waals surface area contributed by atoms with Gasteiger partial charge in [-0.25, -0.2) is 0 Å². The molecule has 0 amide bonds. The summed E-state index contributed by atoms with van der Waals surface area (Å²) in [5, 5.41) is 9.77. The first-order valence-electron chi connectivity index (χ1n) is 8.11. The summed E-state index contributed by atoms with van der Waals surface area (Å²) < 4.78 is 38.9. The maximum Gasteiger partial charge on any atom is 0.421 e. The Bertz CT molecular complexity index is 747. The van der Waals surface area contributed by atoms with Gasteiger partial charge in [0.1, 0.15) is 6.29 Å². The van der Waals surface area contributed by atoms with Crippen molar-refractivity contribution in [2.75, 3.05) is 0 Å². The molecule has 1 N–H and O–H groups in total. The molecule has 2 rings (SSSR count). The number of aliphatic hydroxyl groups is 1. The molecule has 0 aliphatic carbocycles. The fourth-order valence-electron chi connectivity index (χ4n) is 2.68. The van der Waals surface area contributed by atoms with Crippen LogP contribution in [0.25, 0.3) is 11.1 Å². The van der Waals surface area contributed by atoms with Crippen LogP contribution in [0.3, 0.4) is 0 Å². The van der Waals surface area contributed by atoms with Crippen molar-refractivity contribution in [1.29, 1.82) is 0 Å². The first kappa shape index (κ1) is 19.2. The fraction of sp³-hybridized carbons (Fsp3) is 0.350. The van der Waals surface area contributed by atoms with Gasteiger partial charge in [-0.15, -0.1) is 0 Å². The summed E-state index contributed by atoms with van der Waals surface area (Å²) in [6.07, 6.45) is -3.10. The Morgan fingerprint density at radius 2 is 1.72 bits per heavy atom. The second-order valence-electron chi connectivity index (χ2n) is 6.42. The number of aldehydes is 1. The standard InChI is InChI=1S/C20H21F3O2/c1-4-13(2)18-11-14(12-24)5-10-17(18)15-6-8-16(9-7-15)19(3,25)20(21,22)23/h5-13,25H,4H2,1-3H3. The molecule has 2 nitrogen and oxygen atoms in total. The van der Waals surface area contributed by atoms with E-state index in [1.807, 2.05) is 26.0 Å². The lowest BCUT2D eigenvalue weighted by molar-refractivity contribution is -0.258. The van der Waals surface area contributed by atoms with Crippen LogP contribution in [0.5, 0.6) is 0 Å². The van der Waals surface area contributed by atoms with Crippen molar-refractivity contribution in [3.8, 4) is 11.1 Å². The number of rotatable bonds is 5. The van der Waals surface area contributed by atoms with Crippen LogP contribution in [0.2, 0.25) is 0 Å². The highest BCUT2D eigenvalue weighted by Gasteiger charge is 2.51. The Balaban J connectivity index is 2.49. The van der Waals surface area contributed by atoms with E-state index in [9.17, 15) is 23.1 Å². The molecule has 0 saturated carbocycles. The fourth-order valence-corrected chi connectivity index (χ4v) is 2.68. The smallest absolute Gasteiger partial charge is 0.376 e. The quantitative estimate of drug-likeness (QED) is 0.728. The minimum absolute atomic E-state index is 0.202. The average molecular weight is 350 g/mol. The van der Waals surface area contributed by atoms with Crippen LogP contribution >= 0.6 is 0 Å². The lowest BCUT2D eigenvalue weighted by atomic mass is 9.87. The summed E-state index contributed by atoms with van der Waals surface area (Å²) in [7, 11) is 0. The Hall–Kier alpha value is -2.14. The number of benzene rings is 2. The highest BCUT2D eigenvalue weighted by Crippen LogP contribution is 2.39. The summed E-state index contributed by atoms with van der Waals surface area (Å²) in [5.41, 5.74) is 0.0518. The molecule has 0 radical (unpaired) electrons. The van der Waals surface area contributed by atoms with Gasteiger partial charge in [0.25, 0.3) is 0 Å². The molecular weight excluding hydrogens is 329 g/mol. The molecular formula is C20H21F3O2. The van der Waals surface area contributed by atoms with Crippen molar-refractivity contribution in [2.45, 2.75) is 44.9 Å². The van der Waals surface area contributed by atoms with Crippen LogP contribution in [0.1, 0.15) is 54.6 Å². The Kier molecular flexibility index (Phi) is 5.37. The number of hydrogen-bond acceptors (Lipinski definition) is 2. The first-order valence-corrected chi connectivity index (χ1v) is 8.11. The zero-order valence-electron chi connectivity index (χ0n) is 14.4. The second-order valence-corrected chi connectivity index (χ2v) is 6.42. The molecule has 5 heteroatoms. The number of alkyl halides is 3. The molecule has 2 aromatic rings. The molecule has 0 heterocycles. The van der Waals surface area contributed by atoms with E-state index < -0.39 is 11.8 Å². The predicted octanol–water partition coefficient (Wildman–Crippen LogP) is 5.45. The van der Waals surface area contributed by atoms with Gasteiger partial charge < -0.3 is 5.11 Å². The van der Waals surface area contributed by atoms with Crippen molar-refractivity contribution >= 4 is 6.29 Å². The molecule has 2 atom stereocenters. The van der Waals surface area contributed by atoms with E-state index >= 15 is 0 Å². The third-order valence-corrected chi connectivity index (χ3v) is 4.66. The van der Waals surface area contributed by atoms with Gasteiger partial charge in [0.15, 0.2) is 5.60 Å². The molecule has 0 spiro atoms. The predicted molar refractivity (Wildman–Crippen MR) is 91.6 cm³/mol. The van der Waals surface area contributed by atoms with Crippen molar-refractivity contribution in [3.63, 3.8) is 0 Å². The van der Waals surface area contributed by atoms with Crippen molar-refractivity contribution in [3.05, 3.63) is 59.2 Å². The maximum atomic E-state index is 13.0. The zero-order valence-corrected chi connectivity index (χ0v) is 14.4. The van der Waals surface area contributed by atoms with Gasteiger partial charge in [0, 0.05) is 5.56 Å². The normalized spacial score (nSPS) is 15.5. The van der Waals surface area contributed by atoms with E-state index in [2.05, 4.69) is 0 Å². The molecule has 0 aliphatic heterocycles. The third-order valence-electron chi connectivity index (χ3n) is 4.66. The van der Waals surface area contributed by atoms with Gasteiger partial charge in [-0.1, -0.05) is 50.2 Å². The summed E-state index contributed by atoms with van der Waals surface area (Å²) in [4.78, 5) is 11.0. The Labute approximate surface area is 145 Å². The maximum absolute atomic E-state index is 13.0. The van der Waals surface area contributed by atoms with Crippen LogP contribution < -0.4 is 0 Å². The van der Waals surface area contributed by atoms with E-state index in [0.717, 1.165) is 36.3 Å². The van der Waals surface area contributed by atoms with Crippen LogP contribution in [0.15, 0.2) is 42.5 Å². The molecule has 0 fully saturated rings. The number of hydrogen-bond donors (Lipinski definition) is 1. The van der Waals surface area contributed by atoms with Crippen LogP contribution in [0, 0.1) is 0 Å². The first-order chi connectivity index (χ1) is 11.6. The highest BCUT2D eigenvalue weighted by molar-refractivity contribution is 5.79.